The summed E-state index contributed by atoms with van der Waals surface area (Å²) in [6.07, 6.45) is 8.64. The number of nitrogens with one attached hydrogen (secondary N) is 1. The van der Waals surface area contributed by atoms with Gasteiger partial charge in [-0.1, -0.05) is 54.6 Å². The number of pyridine rings is 1. The molecule has 1 N–H and O–H groups in total. The molecule has 0 atom stereocenters. The fourth-order valence-corrected chi connectivity index (χ4v) is 4.77. The lowest BCUT2D eigenvalue weighted by Gasteiger charge is -2.03. The van der Waals surface area contributed by atoms with Crippen LogP contribution in [0, 0.1) is 0 Å². The van der Waals surface area contributed by atoms with E-state index in [2.05, 4.69) is 119 Å². The summed E-state index contributed by atoms with van der Waals surface area (Å²) in [7, 11) is 0. The number of hydrogen-bond donors (Lipinski definition) is 0. The Hall–Kier alpha value is -3.27. The molecule has 0 aliphatic heterocycles. The molecule has 3 heteroatoms. The van der Waals surface area contributed by atoms with Crippen LogP contribution < -0.4 is 4.98 Å². The van der Waals surface area contributed by atoms with Gasteiger partial charge in [-0.15, -0.1) is 22.7 Å². The first kappa shape index (κ1) is 18.7. The number of rotatable bonds is 5. The van der Waals surface area contributed by atoms with Crippen molar-refractivity contribution in [3.63, 3.8) is 0 Å². The minimum atomic E-state index is 1.08. The first-order valence-corrected chi connectivity index (χ1v) is 11.6. The minimum Gasteiger partial charge on any atom is -0.205 e. The lowest BCUT2D eigenvalue weighted by atomic mass is 10.0. The standard InChI is InChI=1S/C27H19NS2/c1-2-6-20-10-15-27(26(20)9-3-1)21-18-22(11-13-24-7-4-16-29-24)28-23(19-21)12-14-25-8-5-17-30-25/h1-19H/p+1/b13-11+,14-12+. The summed E-state index contributed by atoms with van der Waals surface area (Å²) in [5.74, 6) is 0. The average Bonchev–Trinajstić information content (AvgIpc) is 3.51. The van der Waals surface area contributed by atoms with Crippen LogP contribution in [0.3, 0.4) is 0 Å². The third kappa shape index (κ3) is 4.18. The predicted molar refractivity (Wildman–Crippen MR) is 132 cm³/mol. The Morgan fingerprint density at radius 1 is 0.533 bits per heavy atom. The van der Waals surface area contributed by atoms with Crippen LogP contribution in [0.5, 0.6) is 0 Å². The Balaban J connectivity index is 1.59. The summed E-state index contributed by atoms with van der Waals surface area (Å²) in [5.41, 5.74) is 7.17. The van der Waals surface area contributed by atoms with E-state index >= 15 is 0 Å². The van der Waals surface area contributed by atoms with Crippen molar-refractivity contribution in [2.24, 2.45) is 0 Å². The molecule has 0 unspecified atom stereocenters. The maximum atomic E-state index is 3.56. The van der Waals surface area contributed by atoms with Crippen LogP contribution >= 0.6 is 22.7 Å². The summed E-state index contributed by atoms with van der Waals surface area (Å²) in [6.45, 7) is 0. The molecule has 0 bridgehead atoms. The number of H-pyrrole nitrogens is 1. The van der Waals surface area contributed by atoms with Crippen LogP contribution in [0.15, 0.2) is 89.6 Å². The zero-order chi connectivity index (χ0) is 20.2. The molecular formula is C27H20NS2+. The van der Waals surface area contributed by atoms with E-state index in [0.29, 0.717) is 0 Å². The van der Waals surface area contributed by atoms with Gasteiger partial charge in [-0.3, -0.25) is 0 Å². The van der Waals surface area contributed by atoms with Crippen molar-refractivity contribution in [1.82, 2.24) is 0 Å². The van der Waals surface area contributed by atoms with Gasteiger partial charge >= 0.3 is 0 Å². The first-order chi connectivity index (χ1) is 14.8. The second-order valence-electron chi connectivity index (χ2n) is 7.00. The molecular weight excluding hydrogens is 402 g/mol. The van der Waals surface area contributed by atoms with E-state index in [4.69, 9.17) is 0 Å². The molecule has 1 nitrogen and oxygen atoms in total. The van der Waals surface area contributed by atoms with Crippen LogP contribution in [0.25, 0.3) is 46.6 Å². The fourth-order valence-electron chi connectivity index (χ4n) is 3.53. The Bertz CT molecular complexity index is 1220. The van der Waals surface area contributed by atoms with Crippen molar-refractivity contribution in [3.8, 4) is 22.3 Å². The zero-order valence-electron chi connectivity index (χ0n) is 16.3. The molecule has 0 saturated carbocycles. The smallest absolute Gasteiger partial charge is 0.204 e. The molecule has 3 aromatic rings. The summed E-state index contributed by atoms with van der Waals surface area (Å²) < 4.78 is 0. The van der Waals surface area contributed by atoms with E-state index < -0.39 is 0 Å². The molecule has 0 saturated heterocycles. The minimum absolute atomic E-state index is 1.08. The second kappa shape index (κ2) is 8.62. The van der Waals surface area contributed by atoms with E-state index in [0.717, 1.165) is 11.4 Å². The largest absolute Gasteiger partial charge is 0.205 e. The van der Waals surface area contributed by atoms with Gasteiger partial charge in [0.1, 0.15) is 0 Å². The van der Waals surface area contributed by atoms with Crippen molar-refractivity contribution in [2.45, 2.75) is 0 Å². The van der Waals surface area contributed by atoms with Crippen molar-refractivity contribution in [2.75, 3.05) is 0 Å². The van der Waals surface area contributed by atoms with Crippen LogP contribution in [0.1, 0.15) is 21.1 Å². The van der Waals surface area contributed by atoms with Crippen molar-refractivity contribution >= 4 is 47.0 Å². The highest BCUT2D eigenvalue weighted by atomic mass is 32.1. The molecule has 0 spiro atoms. The number of aromatic amines is 1. The van der Waals surface area contributed by atoms with Crippen LogP contribution in [0.2, 0.25) is 0 Å². The van der Waals surface area contributed by atoms with Gasteiger partial charge < -0.3 is 0 Å². The second-order valence-corrected chi connectivity index (χ2v) is 8.96. The monoisotopic (exact) mass is 422 g/mol. The van der Waals surface area contributed by atoms with Crippen LogP contribution in [-0.4, -0.2) is 0 Å². The molecule has 2 aliphatic carbocycles. The lowest BCUT2D eigenvalue weighted by molar-refractivity contribution is -0.383. The van der Waals surface area contributed by atoms with Gasteiger partial charge in [-0.2, -0.15) is 0 Å². The molecule has 3 heterocycles. The van der Waals surface area contributed by atoms with Crippen molar-refractivity contribution < 1.29 is 4.98 Å². The molecule has 0 radical (unpaired) electrons. The third-order valence-corrected chi connectivity index (χ3v) is 6.63. The van der Waals surface area contributed by atoms with Gasteiger partial charge in [0.05, 0.1) is 0 Å². The summed E-state index contributed by atoms with van der Waals surface area (Å²) >= 11 is 3.49. The molecule has 0 aromatic carbocycles. The molecule has 5 rings (SSSR count). The van der Waals surface area contributed by atoms with Gasteiger partial charge in [0.2, 0.25) is 11.4 Å². The number of hydrogen-bond acceptors (Lipinski definition) is 2. The molecule has 3 aromatic heterocycles. The topological polar surface area (TPSA) is 14.1 Å². The van der Waals surface area contributed by atoms with Crippen molar-refractivity contribution in [3.05, 3.63) is 111 Å². The van der Waals surface area contributed by atoms with Gasteiger partial charge in [0, 0.05) is 34.0 Å². The maximum Gasteiger partial charge on any atom is 0.204 e. The molecule has 30 heavy (non-hydrogen) atoms. The molecule has 2 aliphatic rings. The average molecular weight is 423 g/mol. The van der Waals surface area contributed by atoms with E-state index in [-0.39, 0.29) is 0 Å². The summed E-state index contributed by atoms with van der Waals surface area (Å²) in [5, 5.41) is 4.20. The van der Waals surface area contributed by atoms with E-state index in [9.17, 15) is 0 Å². The lowest BCUT2D eigenvalue weighted by Crippen LogP contribution is -2.11. The van der Waals surface area contributed by atoms with Gasteiger partial charge in [0.15, 0.2) is 0 Å². The number of fused-ring (bicyclic) bond motifs is 1. The molecule has 0 amide bonds. The Morgan fingerprint density at radius 3 is 1.80 bits per heavy atom. The normalized spacial score (nSPS) is 11.7. The highest BCUT2D eigenvalue weighted by Gasteiger charge is 2.14. The summed E-state index contributed by atoms with van der Waals surface area (Å²) in [4.78, 5) is 6.05. The molecule has 0 fully saturated rings. The highest BCUT2D eigenvalue weighted by molar-refractivity contribution is 7.11. The van der Waals surface area contributed by atoms with Gasteiger partial charge in [-0.05, 0) is 57.3 Å². The third-order valence-electron chi connectivity index (χ3n) is 4.95. The fraction of sp³-hybridized carbons (Fsp3) is 0. The summed E-state index contributed by atoms with van der Waals surface area (Å²) in [6, 6.07) is 27.9. The maximum absolute atomic E-state index is 3.56. The predicted octanol–water partition coefficient (Wildman–Crippen LogP) is 7.74. The Kier molecular flexibility index (Phi) is 5.38. The van der Waals surface area contributed by atoms with Crippen molar-refractivity contribution in [1.29, 1.82) is 0 Å². The van der Waals surface area contributed by atoms with E-state index in [1.165, 1.54) is 32.0 Å². The Labute approximate surface area is 184 Å². The van der Waals surface area contributed by atoms with Gasteiger partial charge in [-0.25, -0.2) is 4.98 Å². The van der Waals surface area contributed by atoms with E-state index in [1.54, 1.807) is 22.7 Å². The van der Waals surface area contributed by atoms with Crippen LogP contribution in [-0.2, 0) is 0 Å². The number of aromatic nitrogens is 1. The number of thiophene rings is 2. The highest BCUT2D eigenvalue weighted by Crippen LogP contribution is 2.35. The quantitative estimate of drug-likeness (QED) is 0.275. The van der Waals surface area contributed by atoms with Gasteiger partial charge in [0.25, 0.3) is 0 Å². The SMILES string of the molecule is C(=C\c1cccs1)/c1cc(-c2ccc3cccccc2-3)cc(/C=C/c2cccs2)[nH+]1. The molecule has 144 valence electrons. The van der Waals surface area contributed by atoms with E-state index in [1.807, 2.05) is 0 Å². The Morgan fingerprint density at radius 2 is 1.17 bits per heavy atom. The zero-order valence-corrected chi connectivity index (χ0v) is 17.9. The van der Waals surface area contributed by atoms with Crippen LogP contribution in [0.4, 0.5) is 0 Å². The first-order valence-electron chi connectivity index (χ1n) is 9.84.